The Hall–Kier alpha value is -1.67. The Morgan fingerprint density at radius 1 is 1.00 bits per heavy atom. The average Bonchev–Trinajstić information content (AvgIpc) is 2.49. The number of hydrogen-bond donors (Lipinski definition) is 1. The van der Waals surface area contributed by atoms with E-state index in [4.69, 9.17) is 0 Å². The lowest BCUT2D eigenvalue weighted by atomic mass is 9.85. The van der Waals surface area contributed by atoms with Crippen LogP contribution in [0.5, 0.6) is 0 Å². The van der Waals surface area contributed by atoms with E-state index in [1.807, 2.05) is 12.1 Å². The Morgan fingerprint density at radius 2 is 1.76 bits per heavy atom. The van der Waals surface area contributed by atoms with Gasteiger partial charge in [0.25, 0.3) is 0 Å². The Balaban J connectivity index is 2.20. The Kier molecular flexibility index (Phi) is 5.94. The maximum atomic E-state index is 13.4. The molecule has 0 saturated heterocycles. The highest BCUT2D eigenvalue weighted by Gasteiger charge is 2.21. The molecule has 2 aromatic rings. The molecule has 0 heterocycles. The van der Waals surface area contributed by atoms with E-state index in [2.05, 4.69) is 43.4 Å². The molecule has 2 heteroatoms. The summed E-state index contributed by atoms with van der Waals surface area (Å²) in [5, 5.41) is 3.58. The highest BCUT2D eigenvalue weighted by atomic mass is 19.1. The summed E-state index contributed by atoms with van der Waals surface area (Å²) in [5.74, 6) is 0.282. The second-order valence-corrected chi connectivity index (χ2v) is 5.42. The number of halogens is 1. The van der Waals surface area contributed by atoms with Gasteiger partial charge in [-0.3, -0.25) is 0 Å². The van der Waals surface area contributed by atoms with Gasteiger partial charge in [-0.2, -0.15) is 0 Å². The van der Waals surface area contributed by atoms with Crippen molar-refractivity contribution in [3.63, 3.8) is 0 Å². The first-order valence-corrected chi connectivity index (χ1v) is 7.77. The van der Waals surface area contributed by atoms with Gasteiger partial charge >= 0.3 is 0 Å². The van der Waals surface area contributed by atoms with Crippen LogP contribution < -0.4 is 5.32 Å². The standard InChI is InChI=1S/C19H24FN/c1-3-18(16-10-6-5-7-11-16)19(21-4-2)14-15-9-8-12-17(20)13-15/h5-13,18-19,21H,3-4,14H2,1-2H3. The lowest BCUT2D eigenvalue weighted by Crippen LogP contribution is -2.36. The third kappa shape index (κ3) is 4.40. The van der Waals surface area contributed by atoms with Crippen molar-refractivity contribution in [3.8, 4) is 0 Å². The molecular weight excluding hydrogens is 261 g/mol. The fourth-order valence-electron chi connectivity index (χ4n) is 2.99. The third-order valence-corrected chi connectivity index (χ3v) is 3.96. The smallest absolute Gasteiger partial charge is 0.123 e. The summed E-state index contributed by atoms with van der Waals surface area (Å²) in [5.41, 5.74) is 2.40. The zero-order valence-corrected chi connectivity index (χ0v) is 12.9. The van der Waals surface area contributed by atoms with Gasteiger partial charge in [-0.1, -0.05) is 56.3 Å². The zero-order chi connectivity index (χ0) is 15.1. The number of hydrogen-bond acceptors (Lipinski definition) is 1. The lowest BCUT2D eigenvalue weighted by Gasteiger charge is -2.28. The maximum Gasteiger partial charge on any atom is 0.123 e. The quantitative estimate of drug-likeness (QED) is 0.787. The van der Waals surface area contributed by atoms with Gasteiger partial charge in [-0.25, -0.2) is 4.39 Å². The summed E-state index contributed by atoms with van der Waals surface area (Å²) in [7, 11) is 0. The van der Waals surface area contributed by atoms with Crippen molar-refractivity contribution < 1.29 is 4.39 Å². The van der Waals surface area contributed by atoms with Gasteiger partial charge in [0, 0.05) is 6.04 Å². The topological polar surface area (TPSA) is 12.0 Å². The van der Waals surface area contributed by atoms with Crippen LogP contribution >= 0.6 is 0 Å². The van der Waals surface area contributed by atoms with Crippen LogP contribution in [0.2, 0.25) is 0 Å². The second kappa shape index (κ2) is 7.94. The molecule has 2 atom stereocenters. The molecule has 0 bridgehead atoms. The molecule has 0 aromatic heterocycles. The summed E-state index contributed by atoms with van der Waals surface area (Å²) in [6.45, 7) is 5.26. The molecule has 2 aromatic carbocycles. The Morgan fingerprint density at radius 3 is 2.38 bits per heavy atom. The van der Waals surface area contributed by atoms with Crippen molar-refractivity contribution in [1.82, 2.24) is 5.32 Å². The number of benzene rings is 2. The van der Waals surface area contributed by atoms with Crippen LogP contribution in [-0.4, -0.2) is 12.6 Å². The van der Waals surface area contributed by atoms with Crippen molar-refractivity contribution in [3.05, 3.63) is 71.5 Å². The van der Waals surface area contributed by atoms with E-state index < -0.39 is 0 Å². The van der Waals surface area contributed by atoms with Crippen LogP contribution in [0.25, 0.3) is 0 Å². The number of likely N-dealkylation sites (N-methyl/N-ethyl adjacent to an activating group) is 1. The summed E-state index contributed by atoms with van der Waals surface area (Å²) in [6.07, 6.45) is 1.91. The predicted octanol–water partition coefficient (Wildman–Crippen LogP) is 4.54. The summed E-state index contributed by atoms with van der Waals surface area (Å²) >= 11 is 0. The van der Waals surface area contributed by atoms with E-state index in [9.17, 15) is 4.39 Å². The minimum absolute atomic E-state index is 0.157. The van der Waals surface area contributed by atoms with E-state index in [1.54, 1.807) is 12.1 Å². The van der Waals surface area contributed by atoms with Crippen LogP contribution in [0.3, 0.4) is 0 Å². The van der Waals surface area contributed by atoms with Crippen molar-refractivity contribution >= 4 is 0 Å². The summed E-state index contributed by atoms with van der Waals surface area (Å²) in [6, 6.07) is 17.8. The van der Waals surface area contributed by atoms with E-state index in [0.717, 1.165) is 24.9 Å². The molecule has 2 rings (SSSR count). The largest absolute Gasteiger partial charge is 0.313 e. The SMILES string of the molecule is CCNC(Cc1cccc(F)c1)C(CC)c1ccccc1. The van der Waals surface area contributed by atoms with Crippen LogP contribution in [0.1, 0.15) is 37.3 Å². The van der Waals surface area contributed by atoms with Gasteiger partial charge in [0.1, 0.15) is 5.82 Å². The average molecular weight is 285 g/mol. The van der Waals surface area contributed by atoms with E-state index >= 15 is 0 Å². The molecule has 0 aliphatic carbocycles. The van der Waals surface area contributed by atoms with E-state index in [1.165, 1.54) is 11.6 Å². The fourth-order valence-corrected chi connectivity index (χ4v) is 2.99. The van der Waals surface area contributed by atoms with Crippen LogP contribution in [0, 0.1) is 5.82 Å². The molecule has 0 fully saturated rings. The lowest BCUT2D eigenvalue weighted by molar-refractivity contribution is 0.427. The molecule has 2 unspecified atom stereocenters. The minimum Gasteiger partial charge on any atom is -0.313 e. The third-order valence-electron chi connectivity index (χ3n) is 3.96. The van der Waals surface area contributed by atoms with Crippen LogP contribution in [0.15, 0.2) is 54.6 Å². The fraction of sp³-hybridized carbons (Fsp3) is 0.368. The molecule has 0 spiro atoms. The molecule has 1 nitrogen and oxygen atoms in total. The summed E-state index contributed by atoms with van der Waals surface area (Å²) < 4.78 is 13.4. The molecule has 112 valence electrons. The van der Waals surface area contributed by atoms with E-state index in [0.29, 0.717) is 12.0 Å². The van der Waals surface area contributed by atoms with Gasteiger partial charge in [-0.05, 0) is 48.6 Å². The van der Waals surface area contributed by atoms with Crippen LogP contribution in [0.4, 0.5) is 4.39 Å². The van der Waals surface area contributed by atoms with E-state index in [-0.39, 0.29) is 5.82 Å². The van der Waals surface area contributed by atoms with Gasteiger partial charge in [0.15, 0.2) is 0 Å². The molecule has 0 amide bonds. The minimum atomic E-state index is -0.157. The van der Waals surface area contributed by atoms with Crippen molar-refractivity contribution in [2.45, 2.75) is 38.6 Å². The molecule has 0 aliphatic heterocycles. The second-order valence-electron chi connectivity index (χ2n) is 5.42. The van der Waals surface area contributed by atoms with Gasteiger partial charge in [-0.15, -0.1) is 0 Å². The number of nitrogens with one attached hydrogen (secondary N) is 1. The number of rotatable bonds is 7. The Labute approximate surface area is 127 Å². The highest BCUT2D eigenvalue weighted by molar-refractivity contribution is 5.24. The van der Waals surface area contributed by atoms with Crippen LogP contribution in [-0.2, 0) is 6.42 Å². The van der Waals surface area contributed by atoms with Gasteiger partial charge in [0.05, 0.1) is 0 Å². The first-order chi connectivity index (χ1) is 10.2. The first-order valence-electron chi connectivity index (χ1n) is 7.77. The highest BCUT2D eigenvalue weighted by Crippen LogP contribution is 2.25. The zero-order valence-electron chi connectivity index (χ0n) is 12.9. The molecule has 1 N–H and O–H groups in total. The van der Waals surface area contributed by atoms with Crippen molar-refractivity contribution in [2.75, 3.05) is 6.54 Å². The molecule has 21 heavy (non-hydrogen) atoms. The normalized spacial score (nSPS) is 13.9. The monoisotopic (exact) mass is 285 g/mol. The predicted molar refractivity (Wildman–Crippen MR) is 87.0 cm³/mol. The molecular formula is C19H24FN. The van der Waals surface area contributed by atoms with Crippen molar-refractivity contribution in [2.24, 2.45) is 0 Å². The molecule has 0 aliphatic rings. The van der Waals surface area contributed by atoms with Gasteiger partial charge < -0.3 is 5.32 Å². The van der Waals surface area contributed by atoms with Crippen molar-refractivity contribution in [1.29, 1.82) is 0 Å². The first kappa shape index (κ1) is 15.7. The Bertz CT molecular complexity index is 538. The maximum absolute atomic E-state index is 13.4. The summed E-state index contributed by atoms with van der Waals surface area (Å²) in [4.78, 5) is 0. The molecule has 0 saturated carbocycles. The molecule has 0 radical (unpaired) electrons. The van der Waals surface area contributed by atoms with Gasteiger partial charge in [0.2, 0.25) is 0 Å².